The average Bonchev–Trinajstić information content (AvgIpc) is 3.02. The quantitative estimate of drug-likeness (QED) is 0.476. The first kappa shape index (κ1) is 16.6. The molecule has 0 unspecified atom stereocenters. The highest BCUT2D eigenvalue weighted by Crippen LogP contribution is 2.25. The topological polar surface area (TPSA) is 28.9 Å². The molecule has 0 radical (unpaired) electrons. The maximum atomic E-state index is 6.23. The predicted molar refractivity (Wildman–Crippen MR) is 106 cm³/mol. The van der Waals surface area contributed by atoms with E-state index < -0.39 is 0 Å². The van der Waals surface area contributed by atoms with E-state index >= 15 is 0 Å². The van der Waals surface area contributed by atoms with Crippen LogP contribution in [0.15, 0.2) is 66.7 Å². The van der Waals surface area contributed by atoms with Crippen molar-refractivity contribution in [3.63, 3.8) is 0 Å². The molecule has 26 heavy (non-hydrogen) atoms. The third-order valence-corrected chi connectivity index (χ3v) is 4.84. The first-order valence-electron chi connectivity index (χ1n) is 9.32. The van der Waals surface area contributed by atoms with E-state index in [0.29, 0.717) is 12.5 Å². The minimum Gasteiger partial charge on any atom is -0.480 e. The summed E-state index contributed by atoms with van der Waals surface area (Å²) in [4.78, 5) is 3.54. The summed E-state index contributed by atoms with van der Waals surface area (Å²) in [5, 5.41) is 2.36. The number of nitrogens with zero attached hydrogens (tertiary/aromatic N) is 1. The predicted octanol–water partition coefficient (Wildman–Crippen LogP) is 5.23. The second kappa shape index (κ2) is 7.20. The van der Waals surface area contributed by atoms with Gasteiger partial charge in [-0.15, -0.1) is 0 Å². The van der Waals surface area contributed by atoms with Crippen LogP contribution in [0, 0.1) is 5.92 Å². The van der Waals surface area contributed by atoms with E-state index in [1.54, 1.807) is 0 Å². The summed E-state index contributed by atoms with van der Waals surface area (Å²) in [6.45, 7) is 6.06. The van der Waals surface area contributed by atoms with Gasteiger partial charge in [-0.1, -0.05) is 62.4 Å². The third-order valence-electron chi connectivity index (χ3n) is 4.84. The van der Waals surface area contributed by atoms with Crippen LogP contribution in [0.3, 0.4) is 0 Å². The van der Waals surface area contributed by atoms with Gasteiger partial charge < -0.3 is 4.74 Å². The lowest BCUT2D eigenvalue weighted by molar-refractivity contribution is -0.681. The van der Waals surface area contributed by atoms with Crippen molar-refractivity contribution >= 4 is 21.8 Å². The Balaban J connectivity index is 1.65. The van der Waals surface area contributed by atoms with Gasteiger partial charge >= 0.3 is 0 Å². The number of benzene rings is 3. The second-order valence-corrected chi connectivity index (χ2v) is 7.19. The number of imidazole rings is 1. The van der Waals surface area contributed by atoms with E-state index in [0.717, 1.165) is 35.4 Å². The van der Waals surface area contributed by atoms with Crippen molar-refractivity contribution in [1.29, 1.82) is 0 Å². The van der Waals surface area contributed by atoms with Gasteiger partial charge in [0, 0.05) is 5.39 Å². The van der Waals surface area contributed by atoms with Crippen molar-refractivity contribution in [2.45, 2.75) is 33.4 Å². The first-order valence-corrected chi connectivity index (χ1v) is 9.32. The van der Waals surface area contributed by atoms with Gasteiger partial charge in [0.2, 0.25) is 0 Å². The molecule has 0 spiro atoms. The standard InChI is InChI=1S/C23H24N2O/c1-17(2)14-15-25-21-12-6-5-11-20(21)24-23(25)16-26-22-13-7-9-18-8-3-4-10-19(18)22/h3-13,17H,14-16H2,1-2H3/p+1. The Morgan fingerprint density at radius 1 is 0.923 bits per heavy atom. The lowest BCUT2D eigenvalue weighted by atomic mass is 10.1. The molecule has 3 nitrogen and oxygen atoms in total. The molecule has 4 rings (SSSR count). The Kier molecular flexibility index (Phi) is 4.61. The number of rotatable bonds is 6. The number of para-hydroxylation sites is 2. The van der Waals surface area contributed by atoms with Crippen molar-refractivity contribution in [1.82, 2.24) is 4.98 Å². The molecule has 3 heteroatoms. The Morgan fingerprint density at radius 2 is 1.69 bits per heavy atom. The Labute approximate surface area is 154 Å². The molecule has 0 aliphatic rings. The SMILES string of the molecule is CC(C)CC[n+]1c(COc2cccc3ccccc23)[nH]c2ccccc21. The lowest BCUT2D eigenvalue weighted by Gasteiger charge is -2.09. The highest BCUT2D eigenvalue weighted by Gasteiger charge is 2.19. The molecular formula is C23H25N2O+. The van der Waals surface area contributed by atoms with Gasteiger partial charge in [0.1, 0.15) is 5.75 Å². The van der Waals surface area contributed by atoms with Gasteiger partial charge in [-0.05, 0) is 35.9 Å². The van der Waals surface area contributed by atoms with Crippen LogP contribution >= 0.6 is 0 Å². The summed E-state index contributed by atoms with van der Waals surface area (Å²) in [5.74, 6) is 2.71. The van der Waals surface area contributed by atoms with Gasteiger partial charge in [0.25, 0.3) is 5.82 Å². The lowest BCUT2D eigenvalue weighted by Crippen LogP contribution is -2.38. The molecule has 0 aliphatic heterocycles. The maximum Gasteiger partial charge on any atom is 0.293 e. The van der Waals surface area contributed by atoms with Crippen LogP contribution in [0.1, 0.15) is 26.1 Å². The second-order valence-electron chi connectivity index (χ2n) is 7.19. The summed E-state index contributed by atoms with van der Waals surface area (Å²) in [6.07, 6.45) is 1.15. The summed E-state index contributed by atoms with van der Waals surface area (Å²) < 4.78 is 8.59. The molecular weight excluding hydrogens is 320 g/mol. The molecule has 0 amide bonds. The molecule has 0 bridgehead atoms. The monoisotopic (exact) mass is 345 g/mol. The van der Waals surface area contributed by atoms with Crippen molar-refractivity contribution in [3.05, 3.63) is 72.6 Å². The van der Waals surface area contributed by atoms with Crippen LogP contribution in [0.25, 0.3) is 21.8 Å². The first-order chi connectivity index (χ1) is 12.7. The number of nitrogens with one attached hydrogen (secondary N) is 1. The maximum absolute atomic E-state index is 6.23. The van der Waals surface area contributed by atoms with Gasteiger partial charge in [0.15, 0.2) is 17.6 Å². The van der Waals surface area contributed by atoms with Gasteiger partial charge in [-0.25, -0.2) is 9.55 Å². The van der Waals surface area contributed by atoms with E-state index in [-0.39, 0.29) is 0 Å². The fourth-order valence-electron chi connectivity index (χ4n) is 3.41. The molecule has 132 valence electrons. The number of aromatic nitrogens is 2. The largest absolute Gasteiger partial charge is 0.480 e. The van der Waals surface area contributed by atoms with Crippen molar-refractivity contribution < 1.29 is 9.30 Å². The van der Waals surface area contributed by atoms with Crippen LogP contribution in [0.5, 0.6) is 5.75 Å². The molecule has 0 fully saturated rings. The molecule has 1 aromatic heterocycles. The zero-order chi connectivity index (χ0) is 17.9. The minimum atomic E-state index is 0.529. The van der Waals surface area contributed by atoms with E-state index in [1.165, 1.54) is 10.9 Å². The molecule has 1 N–H and O–H groups in total. The fourth-order valence-corrected chi connectivity index (χ4v) is 3.41. The summed E-state index contributed by atoms with van der Waals surface area (Å²) >= 11 is 0. The number of fused-ring (bicyclic) bond motifs is 2. The van der Waals surface area contributed by atoms with E-state index in [1.807, 2.05) is 6.07 Å². The van der Waals surface area contributed by atoms with E-state index in [2.05, 4.69) is 84.1 Å². The molecule has 0 aliphatic carbocycles. The van der Waals surface area contributed by atoms with Gasteiger partial charge in [-0.3, -0.25) is 0 Å². The number of H-pyrrole nitrogens is 1. The molecule has 0 saturated heterocycles. The van der Waals surface area contributed by atoms with Crippen LogP contribution in [-0.4, -0.2) is 4.98 Å². The number of aromatic amines is 1. The molecule has 4 aromatic rings. The summed E-state index contributed by atoms with van der Waals surface area (Å²) in [6, 6.07) is 23.0. The van der Waals surface area contributed by atoms with E-state index in [4.69, 9.17) is 4.74 Å². The number of hydrogen-bond acceptors (Lipinski definition) is 1. The van der Waals surface area contributed by atoms with Crippen LogP contribution in [0.2, 0.25) is 0 Å². The fraction of sp³-hybridized carbons (Fsp3) is 0.261. The average molecular weight is 345 g/mol. The third kappa shape index (κ3) is 3.30. The Bertz CT molecular complexity index is 1030. The zero-order valence-corrected chi connectivity index (χ0v) is 15.4. The van der Waals surface area contributed by atoms with Gasteiger partial charge in [0.05, 0.1) is 6.54 Å². The Morgan fingerprint density at radius 3 is 2.58 bits per heavy atom. The smallest absolute Gasteiger partial charge is 0.293 e. The number of hydrogen-bond donors (Lipinski definition) is 1. The van der Waals surface area contributed by atoms with Crippen molar-refractivity contribution in [3.8, 4) is 5.75 Å². The van der Waals surface area contributed by atoms with Crippen molar-refractivity contribution in [2.24, 2.45) is 5.92 Å². The summed E-state index contributed by atoms with van der Waals surface area (Å²) in [7, 11) is 0. The zero-order valence-electron chi connectivity index (χ0n) is 15.4. The molecule has 3 aromatic carbocycles. The normalized spacial score (nSPS) is 11.5. The van der Waals surface area contributed by atoms with E-state index in [9.17, 15) is 0 Å². The number of ether oxygens (including phenoxy) is 1. The molecule has 0 atom stereocenters. The van der Waals surface area contributed by atoms with Crippen LogP contribution in [0.4, 0.5) is 0 Å². The van der Waals surface area contributed by atoms with Crippen LogP contribution in [-0.2, 0) is 13.2 Å². The highest BCUT2D eigenvalue weighted by atomic mass is 16.5. The van der Waals surface area contributed by atoms with Crippen molar-refractivity contribution in [2.75, 3.05) is 0 Å². The molecule has 1 heterocycles. The summed E-state index contributed by atoms with van der Waals surface area (Å²) in [5.41, 5.74) is 2.40. The van der Waals surface area contributed by atoms with Gasteiger partial charge in [-0.2, -0.15) is 0 Å². The highest BCUT2D eigenvalue weighted by molar-refractivity contribution is 5.88. The molecule has 0 saturated carbocycles. The minimum absolute atomic E-state index is 0.529. The Hall–Kier alpha value is -2.81. The van der Waals surface area contributed by atoms with Crippen LogP contribution < -0.4 is 9.30 Å². The number of aryl methyl sites for hydroxylation is 1.